The highest BCUT2D eigenvalue weighted by Gasteiger charge is 2.01. The molecule has 0 aliphatic carbocycles. The van der Waals surface area contributed by atoms with E-state index in [2.05, 4.69) is 4.98 Å². The quantitative estimate of drug-likeness (QED) is 0.840. The number of hydrogen-bond donors (Lipinski definition) is 1. The van der Waals surface area contributed by atoms with Gasteiger partial charge in [0, 0.05) is 19.2 Å². The molecule has 0 spiro atoms. The first-order valence-electron chi connectivity index (χ1n) is 5.56. The fourth-order valence-corrected chi connectivity index (χ4v) is 1.62. The van der Waals surface area contributed by atoms with Crippen LogP contribution in [0.15, 0.2) is 47.4 Å². The molecule has 4 nitrogen and oxygen atoms in total. The first-order valence-corrected chi connectivity index (χ1v) is 5.56. The van der Waals surface area contributed by atoms with Gasteiger partial charge in [0.1, 0.15) is 6.61 Å². The Balaban J connectivity index is 2.23. The molecule has 0 saturated heterocycles. The van der Waals surface area contributed by atoms with Crippen LogP contribution in [0.1, 0.15) is 12.5 Å². The van der Waals surface area contributed by atoms with Crippen molar-refractivity contribution >= 4 is 5.97 Å². The second-order valence-corrected chi connectivity index (χ2v) is 3.92. The maximum absolute atomic E-state index is 11.0. The van der Waals surface area contributed by atoms with Gasteiger partial charge in [-0.05, 0) is 28.8 Å². The zero-order valence-electron chi connectivity index (χ0n) is 9.97. The number of rotatable bonds is 3. The Bertz CT molecular complexity index is 596. The molecule has 0 unspecified atom stereocenters. The highest BCUT2D eigenvalue weighted by atomic mass is 16.5. The molecule has 2 aromatic rings. The van der Waals surface area contributed by atoms with E-state index in [1.54, 1.807) is 12.3 Å². The number of hydrogen-bond acceptors (Lipinski definition) is 3. The van der Waals surface area contributed by atoms with Gasteiger partial charge in [-0.3, -0.25) is 9.59 Å². The predicted molar refractivity (Wildman–Crippen MR) is 68.0 cm³/mol. The fourth-order valence-electron chi connectivity index (χ4n) is 1.62. The Morgan fingerprint density at radius 1 is 1.22 bits per heavy atom. The second-order valence-electron chi connectivity index (χ2n) is 3.92. The fraction of sp³-hybridized carbons (Fsp3) is 0.143. The summed E-state index contributed by atoms with van der Waals surface area (Å²) in [6.45, 7) is 1.64. The van der Waals surface area contributed by atoms with Crippen LogP contribution in [0, 0.1) is 0 Å². The minimum atomic E-state index is -0.301. The lowest BCUT2D eigenvalue weighted by molar-refractivity contribution is -0.142. The Labute approximate surface area is 104 Å². The summed E-state index contributed by atoms with van der Waals surface area (Å²) < 4.78 is 4.94. The lowest BCUT2D eigenvalue weighted by Crippen LogP contribution is -2.01. The van der Waals surface area contributed by atoms with E-state index in [9.17, 15) is 9.59 Å². The number of nitrogens with one attached hydrogen (secondary N) is 1. The SMILES string of the molecule is CC(=O)OCc1cccc(-c2ccc(=O)[nH]c2)c1. The molecule has 0 radical (unpaired) electrons. The molecule has 0 saturated carbocycles. The van der Waals surface area contributed by atoms with Crippen molar-refractivity contribution in [3.8, 4) is 11.1 Å². The Morgan fingerprint density at radius 2 is 2.06 bits per heavy atom. The second kappa shape index (κ2) is 5.31. The molecule has 92 valence electrons. The van der Waals surface area contributed by atoms with E-state index in [-0.39, 0.29) is 18.1 Å². The van der Waals surface area contributed by atoms with Crippen molar-refractivity contribution in [1.82, 2.24) is 4.98 Å². The third-order valence-corrected chi connectivity index (χ3v) is 2.49. The molecule has 0 aliphatic rings. The summed E-state index contributed by atoms with van der Waals surface area (Å²) in [6, 6.07) is 10.9. The molecule has 0 fully saturated rings. The number of esters is 1. The summed E-state index contributed by atoms with van der Waals surface area (Å²) in [4.78, 5) is 24.4. The zero-order valence-corrected chi connectivity index (χ0v) is 9.97. The molecule has 1 aromatic carbocycles. The van der Waals surface area contributed by atoms with Gasteiger partial charge in [0.25, 0.3) is 0 Å². The Morgan fingerprint density at radius 3 is 2.72 bits per heavy atom. The van der Waals surface area contributed by atoms with Crippen LogP contribution in [-0.4, -0.2) is 11.0 Å². The molecule has 0 amide bonds. The van der Waals surface area contributed by atoms with E-state index in [1.165, 1.54) is 13.0 Å². The maximum atomic E-state index is 11.0. The standard InChI is InChI=1S/C14H13NO3/c1-10(16)18-9-11-3-2-4-12(7-11)13-5-6-14(17)15-8-13/h2-8H,9H2,1H3,(H,15,17). The maximum Gasteiger partial charge on any atom is 0.302 e. The summed E-state index contributed by atoms with van der Waals surface area (Å²) in [5, 5.41) is 0. The van der Waals surface area contributed by atoms with Gasteiger partial charge in [0.15, 0.2) is 0 Å². The van der Waals surface area contributed by atoms with Crippen LogP contribution < -0.4 is 5.56 Å². The lowest BCUT2D eigenvalue weighted by atomic mass is 10.1. The third kappa shape index (κ3) is 3.07. The van der Waals surface area contributed by atoms with Crippen LogP contribution in [0.2, 0.25) is 0 Å². The Hall–Kier alpha value is -2.36. The average molecular weight is 243 g/mol. The van der Waals surface area contributed by atoms with Crippen LogP contribution in [0.4, 0.5) is 0 Å². The van der Waals surface area contributed by atoms with Gasteiger partial charge >= 0.3 is 5.97 Å². The van der Waals surface area contributed by atoms with Crippen molar-refractivity contribution in [2.45, 2.75) is 13.5 Å². The summed E-state index contributed by atoms with van der Waals surface area (Å²) in [5.74, 6) is -0.301. The number of carbonyl (C=O) groups excluding carboxylic acids is 1. The van der Waals surface area contributed by atoms with E-state index in [4.69, 9.17) is 4.74 Å². The van der Waals surface area contributed by atoms with E-state index in [0.717, 1.165) is 16.7 Å². The largest absolute Gasteiger partial charge is 0.461 e. The van der Waals surface area contributed by atoms with E-state index < -0.39 is 0 Å². The van der Waals surface area contributed by atoms with Gasteiger partial charge < -0.3 is 9.72 Å². The number of H-pyrrole nitrogens is 1. The smallest absolute Gasteiger partial charge is 0.302 e. The van der Waals surface area contributed by atoms with Crippen LogP contribution in [0.25, 0.3) is 11.1 Å². The highest BCUT2D eigenvalue weighted by Crippen LogP contribution is 2.18. The van der Waals surface area contributed by atoms with Crippen molar-refractivity contribution in [1.29, 1.82) is 0 Å². The van der Waals surface area contributed by atoms with E-state index in [1.807, 2.05) is 24.3 Å². The summed E-state index contributed by atoms with van der Waals surface area (Å²) in [5.41, 5.74) is 2.67. The van der Waals surface area contributed by atoms with Gasteiger partial charge in [0.2, 0.25) is 5.56 Å². The predicted octanol–water partition coefficient (Wildman–Crippen LogP) is 2.10. The van der Waals surface area contributed by atoms with Crippen molar-refractivity contribution in [3.05, 3.63) is 58.5 Å². The van der Waals surface area contributed by atoms with E-state index >= 15 is 0 Å². The van der Waals surface area contributed by atoms with Gasteiger partial charge in [-0.1, -0.05) is 18.2 Å². The van der Waals surface area contributed by atoms with Gasteiger partial charge in [-0.2, -0.15) is 0 Å². The molecular weight excluding hydrogens is 230 g/mol. The Kier molecular flexibility index (Phi) is 3.57. The molecule has 18 heavy (non-hydrogen) atoms. The van der Waals surface area contributed by atoms with Crippen molar-refractivity contribution in [3.63, 3.8) is 0 Å². The summed E-state index contributed by atoms with van der Waals surface area (Å²) in [6.07, 6.45) is 1.66. The van der Waals surface area contributed by atoms with Crippen LogP contribution >= 0.6 is 0 Å². The summed E-state index contributed by atoms with van der Waals surface area (Å²) >= 11 is 0. The molecule has 1 heterocycles. The number of carbonyl (C=O) groups is 1. The lowest BCUT2D eigenvalue weighted by Gasteiger charge is -2.05. The molecule has 0 atom stereocenters. The van der Waals surface area contributed by atoms with Crippen molar-refractivity contribution in [2.24, 2.45) is 0 Å². The first kappa shape index (κ1) is 12.1. The zero-order chi connectivity index (χ0) is 13.0. The van der Waals surface area contributed by atoms with E-state index in [0.29, 0.717) is 0 Å². The van der Waals surface area contributed by atoms with Crippen LogP contribution in [0.3, 0.4) is 0 Å². The van der Waals surface area contributed by atoms with Gasteiger partial charge in [-0.25, -0.2) is 0 Å². The van der Waals surface area contributed by atoms with Gasteiger partial charge in [-0.15, -0.1) is 0 Å². The molecule has 4 heteroatoms. The normalized spacial score (nSPS) is 10.1. The van der Waals surface area contributed by atoms with Crippen molar-refractivity contribution in [2.75, 3.05) is 0 Å². The topological polar surface area (TPSA) is 59.2 Å². The average Bonchev–Trinajstić information content (AvgIpc) is 2.37. The monoisotopic (exact) mass is 243 g/mol. The number of pyridine rings is 1. The van der Waals surface area contributed by atoms with Gasteiger partial charge in [0.05, 0.1) is 0 Å². The summed E-state index contributed by atoms with van der Waals surface area (Å²) in [7, 11) is 0. The molecule has 2 rings (SSSR count). The minimum Gasteiger partial charge on any atom is -0.461 e. The molecule has 1 aromatic heterocycles. The van der Waals surface area contributed by atoms with Crippen LogP contribution in [-0.2, 0) is 16.1 Å². The number of benzene rings is 1. The highest BCUT2D eigenvalue weighted by molar-refractivity contribution is 5.66. The van der Waals surface area contributed by atoms with Crippen LogP contribution in [0.5, 0.6) is 0 Å². The third-order valence-electron chi connectivity index (χ3n) is 2.49. The molecule has 0 aliphatic heterocycles. The first-order chi connectivity index (χ1) is 8.65. The minimum absolute atomic E-state index is 0.130. The number of aromatic nitrogens is 1. The molecule has 0 bridgehead atoms. The molecular formula is C14H13NO3. The van der Waals surface area contributed by atoms with Crippen molar-refractivity contribution < 1.29 is 9.53 Å². The number of aromatic amines is 1. The molecule has 1 N–H and O–H groups in total. The number of ether oxygens (including phenoxy) is 1.